The van der Waals surface area contributed by atoms with Crippen molar-refractivity contribution in [2.24, 2.45) is 22.4 Å². The van der Waals surface area contributed by atoms with Crippen molar-refractivity contribution in [3.63, 3.8) is 0 Å². The molecule has 4 heteroatoms. The molecule has 0 aromatic rings. The van der Waals surface area contributed by atoms with Crippen molar-refractivity contribution in [3.05, 3.63) is 12.2 Å². The van der Waals surface area contributed by atoms with Gasteiger partial charge >= 0.3 is 6.09 Å². The van der Waals surface area contributed by atoms with Gasteiger partial charge in [-0.3, -0.25) is 4.84 Å². The molecule has 21 heavy (non-hydrogen) atoms. The SMILES string of the molecule is C=C1C(=NOC(=O)NC2CCCCC2)CC2CC1C2(C)C. The van der Waals surface area contributed by atoms with E-state index in [0.717, 1.165) is 30.5 Å². The molecule has 4 aliphatic carbocycles. The molecule has 4 fully saturated rings. The van der Waals surface area contributed by atoms with Crippen molar-refractivity contribution in [2.45, 2.75) is 64.8 Å². The van der Waals surface area contributed by atoms with Crippen LogP contribution in [0.5, 0.6) is 0 Å². The standard InChI is InChI=1S/C17H26N2O2/c1-11-14-9-12(17(14,2)3)10-15(11)19-21-16(20)18-13-7-5-4-6-8-13/h12-14H,1,4-10H2,2-3H3,(H,18,20). The summed E-state index contributed by atoms with van der Waals surface area (Å²) in [5, 5.41) is 7.00. The minimum atomic E-state index is -0.416. The minimum absolute atomic E-state index is 0.258. The molecule has 4 rings (SSSR count). The predicted octanol–water partition coefficient (Wildman–Crippen LogP) is 4.02. The van der Waals surface area contributed by atoms with Gasteiger partial charge in [0.05, 0.1) is 5.71 Å². The largest absolute Gasteiger partial charge is 0.433 e. The third kappa shape index (κ3) is 2.72. The zero-order valence-corrected chi connectivity index (χ0v) is 13.2. The molecule has 1 amide bonds. The molecule has 0 saturated heterocycles. The van der Waals surface area contributed by atoms with E-state index in [1.807, 2.05) is 0 Å². The van der Waals surface area contributed by atoms with Crippen LogP contribution in [0.3, 0.4) is 0 Å². The van der Waals surface area contributed by atoms with Crippen molar-refractivity contribution in [3.8, 4) is 0 Å². The lowest BCUT2D eigenvalue weighted by Gasteiger charge is -2.57. The molecule has 116 valence electrons. The smallest absolute Gasteiger partial charge is 0.317 e. The topological polar surface area (TPSA) is 50.7 Å². The molecule has 0 aliphatic heterocycles. The highest BCUT2D eigenvalue weighted by Crippen LogP contribution is 2.59. The second-order valence-electron chi connectivity index (χ2n) is 7.43. The van der Waals surface area contributed by atoms with Crippen molar-refractivity contribution < 1.29 is 9.63 Å². The average molecular weight is 290 g/mol. The van der Waals surface area contributed by atoms with Gasteiger partial charge in [-0.05, 0) is 48.5 Å². The van der Waals surface area contributed by atoms with E-state index in [0.29, 0.717) is 17.3 Å². The first kappa shape index (κ1) is 14.6. The molecule has 4 nitrogen and oxygen atoms in total. The van der Waals surface area contributed by atoms with Crippen LogP contribution in [-0.2, 0) is 4.84 Å². The van der Waals surface area contributed by atoms with Crippen molar-refractivity contribution in [2.75, 3.05) is 0 Å². The Bertz CT molecular complexity index is 475. The Morgan fingerprint density at radius 2 is 2.05 bits per heavy atom. The van der Waals surface area contributed by atoms with Gasteiger partial charge in [0, 0.05) is 6.04 Å². The fourth-order valence-electron chi connectivity index (χ4n) is 4.15. The summed E-state index contributed by atoms with van der Waals surface area (Å²) in [5.41, 5.74) is 2.28. The first-order valence-corrected chi connectivity index (χ1v) is 8.22. The molecule has 4 saturated carbocycles. The molecule has 2 unspecified atom stereocenters. The van der Waals surface area contributed by atoms with E-state index < -0.39 is 6.09 Å². The van der Waals surface area contributed by atoms with Crippen LogP contribution >= 0.6 is 0 Å². The monoisotopic (exact) mass is 290 g/mol. The predicted molar refractivity (Wildman–Crippen MR) is 83.1 cm³/mol. The summed E-state index contributed by atoms with van der Waals surface area (Å²) in [6.45, 7) is 8.75. The van der Waals surface area contributed by atoms with Crippen molar-refractivity contribution in [1.82, 2.24) is 5.32 Å². The zero-order valence-electron chi connectivity index (χ0n) is 13.2. The van der Waals surface area contributed by atoms with Gasteiger partial charge in [0.25, 0.3) is 0 Å². The molecule has 2 atom stereocenters. The summed E-state index contributed by atoms with van der Waals surface area (Å²) in [5.74, 6) is 1.15. The van der Waals surface area contributed by atoms with Gasteiger partial charge in [-0.1, -0.05) is 44.8 Å². The summed E-state index contributed by atoms with van der Waals surface area (Å²) in [6, 6.07) is 0.258. The molecule has 0 spiro atoms. The summed E-state index contributed by atoms with van der Waals surface area (Å²) >= 11 is 0. The van der Waals surface area contributed by atoms with Crippen LogP contribution in [-0.4, -0.2) is 17.8 Å². The normalized spacial score (nSPS) is 33.4. The van der Waals surface area contributed by atoms with Gasteiger partial charge in [-0.25, -0.2) is 4.79 Å². The number of oxime groups is 1. The molecule has 0 aromatic heterocycles. The number of hydrogen-bond acceptors (Lipinski definition) is 3. The minimum Gasteiger partial charge on any atom is -0.317 e. The number of carbonyl (C=O) groups excluding carboxylic acids is 1. The highest BCUT2D eigenvalue weighted by atomic mass is 16.7. The van der Waals surface area contributed by atoms with Gasteiger partial charge < -0.3 is 5.32 Å². The Balaban J connectivity index is 1.52. The van der Waals surface area contributed by atoms with E-state index in [4.69, 9.17) is 4.84 Å². The maximum atomic E-state index is 11.8. The Morgan fingerprint density at radius 1 is 1.33 bits per heavy atom. The van der Waals surface area contributed by atoms with Gasteiger partial charge in [-0.15, -0.1) is 0 Å². The molecular formula is C17H26N2O2. The van der Waals surface area contributed by atoms with Crippen LogP contribution in [0.15, 0.2) is 17.3 Å². The van der Waals surface area contributed by atoms with Crippen LogP contribution in [0.4, 0.5) is 4.79 Å². The second kappa shape index (κ2) is 5.47. The summed E-state index contributed by atoms with van der Waals surface area (Å²) in [7, 11) is 0. The Hall–Kier alpha value is -1.32. The molecule has 0 aromatic carbocycles. The lowest BCUT2D eigenvalue weighted by molar-refractivity contribution is 0.000478. The quantitative estimate of drug-likeness (QED) is 0.616. The maximum Gasteiger partial charge on any atom is 0.433 e. The number of nitrogens with one attached hydrogen (secondary N) is 1. The van der Waals surface area contributed by atoms with Gasteiger partial charge in [0.1, 0.15) is 0 Å². The summed E-state index contributed by atoms with van der Waals surface area (Å²) < 4.78 is 0. The first-order valence-electron chi connectivity index (χ1n) is 8.22. The number of nitrogens with zero attached hydrogens (tertiary/aromatic N) is 1. The number of hydrogen-bond donors (Lipinski definition) is 1. The number of amides is 1. The molecule has 0 radical (unpaired) electrons. The van der Waals surface area contributed by atoms with E-state index in [1.54, 1.807) is 0 Å². The van der Waals surface area contributed by atoms with E-state index in [-0.39, 0.29) is 6.04 Å². The fraction of sp³-hybridized carbons (Fsp3) is 0.765. The third-order valence-electron chi connectivity index (χ3n) is 5.87. The van der Waals surface area contributed by atoms with E-state index in [2.05, 4.69) is 30.9 Å². The van der Waals surface area contributed by atoms with Crippen molar-refractivity contribution in [1.29, 1.82) is 0 Å². The van der Waals surface area contributed by atoms with Crippen LogP contribution in [0, 0.1) is 17.3 Å². The second-order valence-corrected chi connectivity index (χ2v) is 7.43. The van der Waals surface area contributed by atoms with Gasteiger partial charge in [-0.2, -0.15) is 0 Å². The lowest BCUT2D eigenvalue weighted by Crippen LogP contribution is -2.52. The van der Waals surface area contributed by atoms with E-state index in [9.17, 15) is 4.79 Å². The third-order valence-corrected chi connectivity index (χ3v) is 5.87. The van der Waals surface area contributed by atoms with E-state index in [1.165, 1.54) is 25.7 Å². The molecule has 2 bridgehead atoms. The lowest BCUT2D eigenvalue weighted by atomic mass is 9.47. The number of carbonyl (C=O) groups is 1. The Labute approximate surface area is 127 Å². The first-order chi connectivity index (χ1) is 9.98. The average Bonchev–Trinajstić information content (AvgIpc) is 2.46. The van der Waals surface area contributed by atoms with Gasteiger partial charge in [0.2, 0.25) is 0 Å². The molecule has 1 N–H and O–H groups in total. The number of allylic oxidation sites excluding steroid dienone is 1. The molecule has 4 aliphatic rings. The van der Waals surface area contributed by atoms with Crippen LogP contribution in [0.2, 0.25) is 0 Å². The van der Waals surface area contributed by atoms with Gasteiger partial charge in [0.15, 0.2) is 0 Å². The van der Waals surface area contributed by atoms with Crippen molar-refractivity contribution >= 4 is 11.8 Å². The molecule has 0 heterocycles. The van der Waals surface area contributed by atoms with Crippen LogP contribution < -0.4 is 5.32 Å². The summed E-state index contributed by atoms with van der Waals surface area (Å²) in [4.78, 5) is 16.9. The Kier molecular flexibility index (Phi) is 3.80. The fourth-order valence-corrected chi connectivity index (χ4v) is 4.15. The zero-order chi connectivity index (χ0) is 15.0. The number of rotatable bonds is 2. The molecular weight excluding hydrogens is 264 g/mol. The maximum absolute atomic E-state index is 11.8. The highest BCUT2D eigenvalue weighted by Gasteiger charge is 2.54. The van der Waals surface area contributed by atoms with E-state index >= 15 is 0 Å². The highest BCUT2D eigenvalue weighted by molar-refractivity contribution is 6.02. The number of fused-ring (bicyclic) bond motifs is 2. The summed E-state index contributed by atoms with van der Waals surface area (Å²) in [6.07, 6.45) is 7.43. The Morgan fingerprint density at radius 3 is 2.67 bits per heavy atom. The van der Waals surface area contributed by atoms with Crippen LogP contribution in [0.25, 0.3) is 0 Å². The van der Waals surface area contributed by atoms with Crippen LogP contribution in [0.1, 0.15) is 58.8 Å².